The van der Waals surface area contributed by atoms with Crippen molar-refractivity contribution >= 4 is 17.2 Å². The molecule has 0 aromatic carbocycles. The fourth-order valence-corrected chi connectivity index (χ4v) is 2.40. The zero-order valence-corrected chi connectivity index (χ0v) is 11.8. The molecule has 5 heteroatoms. The van der Waals surface area contributed by atoms with Gasteiger partial charge in [-0.05, 0) is 39.8 Å². The van der Waals surface area contributed by atoms with Crippen molar-refractivity contribution in [3.63, 3.8) is 0 Å². The highest BCUT2D eigenvalue weighted by Gasteiger charge is 2.15. The Hall–Kier alpha value is -1.75. The van der Waals surface area contributed by atoms with Crippen molar-refractivity contribution in [3.05, 3.63) is 40.5 Å². The molecule has 94 valence electrons. The molecule has 0 amide bonds. The molecule has 0 fully saturated rings. The molecule has 0 spiro atoms. The van der Waals surface area contributed by atoms with Gasteiger partial charge in [-0.1, -0.05) is 12.2 Å². The van der Waals surface area contributed by atoms with Gasteiger partial charge in [-0.15, -0.1) is 0 Å². The molecule has 0 aliphatic carbocycles. The molecule has 2 aromatic rings. The van der Waals surface area contributed by atoms with Crippen LogP contribution in [0.2, 0.25) is 0 Å². The maximum absolute atomic E-state index is 5.81. The molecule has 0 radical (unpaired) electrons. The maximum atomic E-state index is 5.81. The van der Waals surface area contributed by atoms with Gasteiger partial charge >= 0.3 is 0 Å². The molecule has 0 aliphatic heterocycles. The summed E-state index contributed by atoms with van der Waals surface area (Å²) < 4.78 is 1.87. The predicted octanol–water partition coefficient (Wildman–Crippen LogP) is 2.14. The van der Waals surface area contributed by atoms with Crippen LogP contribution in [0.3, 0.4) is 0 Å². The van der Waals surface area contributed by atoms with Crippen LogP contribution in [0, 0.1) is 27.7 Å². The standard InChI is InChI=1S/C13H16N4S/c1-7-6-11(12(13(14)18)10(4)15-7)17-9(3)5-8(2)16-17/h5-6H,1-4H3,(H2,14,18). The van der Waals surface area contributed by atoms with Gasteiger partial charge in [0.25, 0.3) is 0 Å². The van der Waals surface area contributed by atoms with E-state index >= 15 is 0 Å². The summed E-state index contributed by atoms with van der Waals surface area (Å²) >= 11 is 5.13. The van der Waals surface area contributed by atoms with Crippen LogP contribution in [0.15, 0.2) is 12.1 Å². The highest BCUT2D eigenvalue weighted by molar-refractivity contribution is 7.80. The van der Waals surface area contributed by atoms with Crippen LogP contribution in [0.25, 0.3) is 5.69 Å². The molecule has 2 rings (SSSR count). The number of nitrogens with zero attached hydrogens (tertiary/aromatic N) is 3. The van der Waals surface area contributed by atoms with E-state index in [0.717, 1.165) is 34.0 Å². The van der Waals surface area contributed by atoms with Gasteiger partial charge in [0.05, 0.1) is 16.9 Å². The van der Waals surface area contributed by atoms with Gasteiger partial charge in [-0.3, -0.25) is 4.98 Å². The zero-order valence-electron chi connectivity index (χ0n) is 11.0. The van der Waals surface area contributed by atoms with Gasteiger partial charge in [-0.25, -0.2) is 4.68 Å². The van der Waals surface area contributed by atoms with Crippen molar-refractivity contribution in [1.82, 2.24) is 14.8 Å². The molecule has 0 atom stereocenters. The first-order valence-electron chi connectivity index (χ1n) is 5.72. The van der Waals surface area contributed by atoms with Crippen LogP contribution in [0.5, 0.6) is 0 Å². The van der Waals surface area contributed by atoms with E-state index in [1.807, 2.05) is 44.5 Å². The number of pyridine rings is 1. The molecule has 0 unspecified atom stereocenters. The molecule has 0 saturated carbocycles. The number of hydrogen-bond donors (Lipinski definition) is 1. The van der Waals surface area contributed by atoms with Crippen molar-refractivity contribution in [1.29, 1.82) is 0 Å². The van der Waals surface area contributed by atoms with E-state index in [-0.39, 0.29) is 0 Å². The quantitative estimate of drug-likeness (QED) is 0.840. The van der Waals surface area contributed by atoms with Crippen LogP contribution < -0.4 is 5.73 Å². The minimum Gasteiger partial charge on any atom is -0.389 e. The molecule has 0 aliphatic rings. The Balaban J connectivity index is 2.77. The topological polar surface area (TPSA) is 56.7 Å². The third kappa shape index (κ3) is 2.13. The van der Waals surface area contributed by atoms with E-state index in [9.17, 15) is 0 Å². The SMILES string of the molecule is Cc1cc(-n2nc(C)cc2C)c(C(N)=S)c(C)n1. The average Bonchev–Trinajstić information content (AvgIpc) is 2.55. The molecule has 2 N–H and O–H groups in total. The summed E-state index contributed by atoms with van der Waals surface area (Å²) in [5.74, 6) is 0. The Morgan fingerprint density at radius 1 is 1.17 bits per heavy atom. The normalized spacial score (nSPS) is 10.7. The van der Waals surface area contributed by atoms with Crippen molar-refractivity contribution in [2.45, 2.75) is 27.7 Å². The van der Waals surface area contributed by atoms with Gasteiger partial charge in [0.1, 0.15) is 4.99 Å². The molecule has 0 bridgehead atoms. The first-order chi connectivity index (χ1) is 8.40. The van der Waals surface area contributed by atoms with Crippen molar-refractivity contribution in [2.24, 2.45) is 5.73 Å². The van der Waals surface area contributed by atoms with Crippen molar-refractivity contribution in [2.75, 3.05) is 0 Å². The Kier molecular flexibility index (Phi) is 3.17. The lowest BCUT2D eigenvalue weighted by Crippen LogP contribution is -2.17. The second kappa shape index (κ2) is 4.49. The predicted molar refractivity (Wildman–Crippen MR) is 76.2 cm³/mol. The van der Waals surface area contributed by atoms with Crippen molar-refractivity contribution < 1.29 is 0 Å². The maximum Gasteiger partial charge on any atom is 0.108 e. The number of rotatable bonds is 2. The van der Waals surface area contributed by atoms with Crippen LogP contribution in [0.4, 0.5) is 0 Å². The lowest BCUT2D eigenvalue weighted by atomic mass is 10.1. The molecule has 18 heavy (non-hydrogen) atoms. The van der Waals surface area contributed by atoms with E-state index in [1.54, 1.807) is 0 Å². The monoisotopic (exact) mass is 260 g/mol. The number of thiocarbonyl (C=S) groups is 1. The molecular weight excluding hydrogens is 244 g/mol. The molecule has 4 nitrogen and oxygen atoms in total. The summed E-state index contributed by atoms with van der Waals surface area (Å²) in [4.78, 5) is 4.76. The van der Waals surface area contributed by atoms with Crippen molar-refractivity contribution in [3.8, 4) is 5.69 Å². The number of nitrogens with two attached hydrogens (primary N) is 1. The highest BCUT2D eigenvalue weighted by Crippen LogP contribution is 2.20. The smallest absolute Gasteiger partial charge is 0.108 e. The lowest BCUT2D eigenvalue weighted by Gasteiger charge is -2.13. The lowest BCUT2D eigenvalue weighted by molar-refractivity contribution is 0.825. The third-order valence-electron chi connectivity index (χ3n) is 2.79. The fraction of sp³-hybridized carbons (Fsp3) is 0.308. The second-order valence-electron chi connectivity index (χ2n) is 4.45. The third-order valence-corrected chi connectivity index (χ3v) is 3.00. The van der Waals surface area contributed by atoms with Gasteiger partial charge in [0, 0.05) is 17.1 Å². The summed E-state index contributed by atoms with van der Waals surface area (Å²) in [5, 5.41) is 4.48. The van der Waals surface area contributed by atoms with Gasteiger partial charge in [0.15, 0.2) is 0 Å². The summed E-state index contributed by atoms with van der Waals surface area (Å²) in [6.07, 6.45) is 0. The van der Waals surface area contributed by atoms with Gasteiger partial charge in [-0.2, -0.15) is 5.10 Å². The number of hydrogen-bond acceptors (Lipinski definition) is 3. The van der Waals surface area contributed by atoms with Gasteiger partial charge in [0.2, 0.25) is 0 Å². The average molecular weight is 260 g/mol. The summed E-state index contributed by atoms with van der Waals surface area (Å²) in [5.41, 5.74) is 11.3. The Bertz CT molecular complexity index is 628. The fourth-order valence-electron chi connectivity index (χ4n) is 2.15. The Morgan fingerprint density at radius 3 is 2.33 bits per heavy atom. The van der Waals surface area contributed by atoms with Gasteiger partial charge < -0.3 is 5.73 Å². The Morgan fingerprint density at radius 2 is 1.83 bits per heavy atom. The van der Waals surface area contributed by atoms with E-state index in [0.29, 0.717) is 4.99 Å². The highest BCUT2D eigenvalue weighted by atomic mass is 32.1. The zero-order chi connectivity index (χ0) is 13.4. The van der Waals surface area contributed by atoms with E-state index in [1.165, 1.54) is 0 Å². The summed E-state index contributed by atoms with van der Waals surface area (Å²) in [6, 6.07) is 3.98. The number of aromatic nitrogens is 3. The van der Waals surface area contributed by atoms with E-state index in [2.05, 4.69) is 10.1 Å². The van der Waals surface area contributed by atoms with Crippen LogP contribution in [-0.2, 0) is 0 Å². The minimum atomic E-state index is 0.350. The van der Waals surface area contributed by atoms with E-state index < -0.39 is 0 Å². The molecule has 0 saturated heterocycles. The minimum absolute atomic E-state index is 0.350. The van der Waals surface area contributed by atoms with Crippen LogP contribution in [-0.4, -0.2) is 19.8 Å². The molecule has 2 heterocycles. The summed E-state index contributed by atoms with van der Waals surface area (Å²) in [6.45, 7) is 7.83. The summed E-state index contributed by atoms with van der Waals surface area (Å²) in [7, 11) is 0. The first kappa shape index (κ1) is 12.7. The van der Waals surface area contributed by atoms with E-state index in [4.69, 9.17) is 18.0 Å². The largest absolute Gasteiger partial charge is 0.389 e. The molecule has 2 aromatic heterocycles. The molecular formula is C13H16N4S. The Labute approximate surface area is 112 Å². The first-order valence-corrected chi connectivity index (χ1v) is 6.12. The second-order valence-corrected chi connectivity index (χ2v) is 4.89. The van der Waals surface area contributed by atoms with Crippen LogP contribution in [0.1, 0.15) is 28.3 Å². The number of aryl methyl sites for hydroxylation is 4. The van der Waals surface area contributed by atoms with Crippen LogP contribution >= 0.6 is 12.2 Å².